The molecule has 0 aliphatic carbocycles. The van der Waals surface area contributed by atoms with Crippen LogP contribution in [0.15, 0.2) is 6.20 Å². The summed E-state index contributed by atoms with van der Waals surface area (Å²) in [6.07, 6.45) is 5.56. The highest BCUT2D eigenvalue weighted by Gasteiger charge is 1.93. The molecule has 80 valence electrons. The number of H-pyrrole nitrogens is 1. The molecule has 0 saturated heterocycles. The number of rotatable bonds is 3. The molecule has 0 radical (unpaired) electrons. The van der Waals surface area contributed by atoms with E-state index in [4.69, 9.17) is 15.3 Å². The van der Waals surface area contributed by atoms with Gasteiger partial charge in [-0.25, -0.2) is 4.98 Å². The van der Waals surface area contributed by atoms with Crippen molar-refractivity contribution in [2.75, 3.05) is 0 Å². The molecule has 1 aromatic heterocycles. The lowest BCUT2D eigenvalue weighted by Crippen LogP contribution is -1.83. The van der Waals surface area contributed by atoms with Gasteiger partial charge < -0.3 is 10.2 Å². The van der Waals surface area contributed by atoms with Crippen LogP contribution in [0.25, 0.3) is 0 Å². The van der Waals surface area contributed by atoms with Crippen LogP contribution >= 0.6 is 0 Å². The molecule has 0 amide bonds. The molecule has 0 unspecified atom stereocenters. The van der Waals surface area contributed by atoms with E-state index in [-0.39, 0.29) is 0 Å². The predicted octanol–water partition coefficient (Wildman–Crippen LogP) is 1.71. The molecule has 0 atom stereocenters. The van der Waals surface area contributed by atoms with Crippen molar-refractivity contribution in [1.82, 2.24) is 9.97 Å². The first-order valence-electron chi connectivity index (χ1n) is 4.40. The highest BCUT2D eigenvalue weighted by atomic mass is 16.9. The van der Waals surface area contributed by atoms with E-state index in [0.29, 0.717) is 0 Å². The van der Waals surface area contributed by atoms with Crippen molar-refractivity contribution in [2.45, 2.75) is 33.1 Å². The van der Waals surface area contributed by atoms with Crippen LogP contribution in [0.1, 0.15) is 31.3 Å². The van der Waals surface area contributed by atoms with Gasteiger partial charge in [0, 0.05) is 11.9 Å². The normalized spacial score (nSPS) is 9.00. The number of aromatic amines is 1. The molecular weight excluding hydrogens is 186 g/mol. The number of aromatic nitrogens is 2. The van der Waals surface area contributed by atoms with Crippen LogP contribution in [0.2, 0.25) is 0 Å². The average Bonchev–Trinajstić information content (AvgIpc) is 2.47. The number of hydrogen-bond donors (Lipinski definition) is 2. The third-order valence-electron chi connectivity index (χ3n) is 1.56. The molecule has 0 bridgehead atoms. The molecule has 0 aliphatic rings. The SMILES string of the molecule is CCCCc1cnc(C)[nH]1.O=[N+]([O-])O. The summed E-state index contributed by atoms with van der Waals surface area (Å²) >= 11 is 0. The van der Waals surface area contributed by atoms with Gasteiger partial charge in [-0.2, -0.15) is 0 Å². The monoisotopic (exact) mass is 201 g/mol. The van der Waals surface area contributed by atoms with E-state index in [2.05, 4.69) is 16.9 Å². The second-order valence-electron chi connectivity index (χ2n) is 2.84. The Morgan fingerprint density at radius 3 is 2.64 bits per heavy atom. The van der Waals surface area contributed by atoms with Gasteiger partial charge in [0.2, 0.25) is 0 Å². The van der Waals surface area contributed by atoms with Gasteiger partial charge in [0.15, 0.2) is 0 Å². The minimum atomic E-state index is -1.50. The third-order valence-corrected chi connectivity index (χ3v) is 1.56. The van der Waals surface area contributed by atoms with Crippen molar-refractivity contribution in [3.63, 3.8) is 0 Å². The van der Waals surface area contributed by atoms with Crippen molar-refractivity contribution in [1.29, 1.82) is 0 Å². The topological polar surface area (TPSA) is 92.0 Å². The summed E-state index contributed by atoms with van der Waals surface area (Å²) < 4.78 is 0. The van der Waals surface area contributed by atoms with E-state index >= 15 is 0 Å². The maximum atomic E-state index is 8.36. The molecular formula is C8H15N3O3. The van der Waals surface area contributed by atoms with Gasteiger partial charge in [-0.05, 0) is 19.8 Å². The number of unbranched alkanes of at least 4 members (excludes halogenated alkanes) is 1. The highest BCUT2D eigenvalue weighted by Crippen LogP contribution is 2.01. The summed E-state index contributed by atoms with van der Waals surface area (Å²) in [5, 5.41) is 13.6. The number of aryl methyl sites for hydroxylation is 2. The third kappa shape index (κ3) is 7.08. The first kappa shape index (κ1) is 12.4. The zero-order valence-corrected chi connectivity index (χ0v) is 8.36. The summed E-state index contributed by atoms with van der Waals surface area (Å²) in [4.78, 5) is 15.7. The number of nitrogens with one attached hydrogen (secondary N) is 1. The molecule has 14 heavy (non-hydrogen) atoms. The van der Waals surface area contributed by atoms with E-state index in [9.17, 15) is 0 Å². The smallest absolute Gasteiger partial charge is 0.291 e. The quantitative estimate of drug-likeness (QED) is 0.575. The Labute approximate surface area is 82.1 Å². The number of imidazole rings is 1. The van der Waals surface area contributed by atoms with Crippen LogP contribution in [0.5, 0.6) is 0 Å². The fourth-order valence-corrected chi connectivity index (χ4v) is 0.966. The zero-order chi connectivity index (χ0) is 11.0. The molecule has 0 saturated carbocycles. The lowest BCUT2D eigenvalue weighted by atomic mass is 10.2. The lowest BCUT2D eigenvalue weighted by molar-refractivity contribution is -0.742. The molecule has 6 heteroatoms. The van der Waals surface area contributed by atoms with Gasteiger partial charge in [-0.1, -0.05) is 13.3 Å². The highest BCUT2D eigenvalue weighted by molar-refractivity contribution is 4.99. The van der Waals surface area contributed by atoms with Crippen molar-refractivity contribution in [2.24, 2.45) is 0 Å². The van der Waals surface area contributed by atoms with Gasteiger partial charge in [0.1, 0.15) is 5.82 Å². The first-order valence-corrected chi connectivity index (χ1v) is 4.40. The summed E-state index contributed by atoms with van der Waals surface area (Å²) in [5.41, 5.74) is 1.26. The molecule has 0 aliphatic heterocycles. The molecule has 1 heterocycles. The maximum absolute atomic E-state index is 8.36. The van der Waals surface area contributed by atoms with Crippen LogP contribution in [-0.4, -0.2) is 20.3 Å². The second kappa shape index (κ2) is 6.88. The molecule has 0 spiro atoms. The van der Waals surface area contributed by atoms with Crippen molar-refractivity contribution in [3.8, 4) is 0 Å². The molecule has 1 aromatic rings. The van der Waals surface area contributed by atoms with Gasteiger partial charge in [0.05, 0.1) is 0 Å². The summed E-state index contributed by atoms with van der Waals surface area (Å²) in [6, 6.07) is 0. The van der Waals surface area contributed by atoms with Crippen molar-refractivity contribution >= 4 is 0 Å². The average molecular weight is 201 g/mol. The Kier molecular flexibility index (Phi) is 6.09. The van der Waals surface area contributed by atoms with E-state index in [0.717, 1.165) is 12.2 Å². The number of nitrogens with zero attached hydrogens (tertiary/aromatic N) is 2. The fraction of sp³-hybridized carbons (Fsp3) is 0.625. The zero-order valence-electron chi connectivity index (χ0n) is 8.36. The number of hydrogen-bond acceptors (Lipinski definition) is 3. The minimum absolute atomic E-state index is 1.02. The summed E-state index contributed by atoms with van der Waals surface area (Å²) in [5.74, 6) is 1.02. The van der Waals surface area contributed by atoms with Crippen molar-refractivity contribution in [3.05, 3.63) is 27.8 Å². The summed E-state index contributed by atoms with van der Waals surface area (Å²) in [7, 11) is 0. The Bertz CT molecular complexity index is 269. The van der Waals surface area contributed by atoms with Crippen molar-refractivity contribution < 1.29 is 10.3 Å². The fourth-order valence-electron chi connectivity index (χ4n) is 0.966. The molecule has 6 nitrogen and oxygen atoms in total. The first-order chi connectivity index (χ1) is 6.56. The second-order valence-corrected chi connectivity index (χ2v) is 2.84. The Balaban J connectivity index is 0.000000364. The standard InChI is InChI=1S/C8H14N2.HNO3/c1-3-4-5-8-6-9-7(2)10-8;2-1(3)4/h6H,3-5H2,1-2H3,(H,9,10);(H,2,3,4). The van der Waals surface area contributed by atoms with E-state index in [1.807, 2.05) is 13.1 Å². The predicted molar refractivity (Wildman–Crippen MR) is 50.7 cm³/mol. The Morgan fingerprint density at radius 2 is 2.29 bits per heavy atom. The molecule has 0 aromatic carbocycles. The van der Waals surface area contributed by atoms with Gasteiger partial charge in [0.25, 0.3) is 5.09 Å². The maximum Gasteiger partial charge on any atom is 0.291 e. The van der Waals surface area contributed by atoms with Gasteiger partial charge in [-0.15, -0.1) is 10.1 Å². The Hall–Kier alpha value is -1.59. The molecule has 0 fully saturated rings. The molecule has 2 N–H and O–H groups in total. The Morgan fingerprint density at radius 1 is 1.71 bits per heavy atom. The van der Waals surface area contributed by atoms with E-state index < -0.39 is 5.09 Å². The molecule has 1 rings (SSSR count). The largest absolute Gasteiger partial charge is 0.346 e. The van der Waals surface area contributed by atoms with E-state index in [1.54, 1.807) is 0 Å². The van der Waals surface area contributed by atoms with E-state index in [1.165, 1.54) is 18.5 Å². The lowest BCUT2D eigenvalue weighted by Gasteiger charge is -1.91. The van der Waals surface area contributed by atoms with Gasteiger partial charge >= 0.3 is 0 Å². The van der Waals surface area contributed by atoms with Crippen LogP contribution < -0.4 is 0 Å². The van der Waals surface area contributed by atoms with Crippen LogP contribution in [0.4, 0.5) is 0 Å². The minimum Gasteiger partial charge on any atom is -0.346 e. The van der Waals surface area contributed by atoms with Crippen LogP contribution in [0.3, 0.4) is 0 Å². The summed E-state index contributed by atoms with van der Waals surface area (Å²) in [6.45, 7) is 4.18. The van der Waals surface area contributed by atoms with Gasteiger partial charge in [-0.3, -0.25) is 0 Å². The van der Waals surface area contributed by atoms with Crippen LogP contribution in [0, 0.1) is 17.0 Å². The van der Waals surface area contributed by atoms with Crippen LogP contribution in [-0.2, 0) is 6.42 Å².